The van der Waals surface area contributed by atoms with E-state index in [1.807, 2.05) is 30.3 Å². The summed E-state index contributed by atoms with van der Waals surface area (Å²) in [5, 5.41) is 10.2. The fourth-order valence-electron chi connectivity index (χ4n) is 2.47. The second-order valence-corrected chi connectivity index (χ2v) is 4.73. The molecule has 1 fully saturated rings. The van der Waals surface area contributed by atoms with Crippen LogP contribution in [-0.4, -0.2) is 10.1 Å². The van der Waals surface area contributed by atoms with E-state index < -0.39 is 11.9 Å². The summed E-state index contributed by atoms with van der Waals surface area (Å²) in [4.78, 5) is 3.94. The van der Waals surface area contributed by atoms with Crippen molar-refractivity contribution in [3.05, 3.63) is 65.7 Å². The van der Waals surface area contributed by atoms with Gasteiger partial charge in [0.2, 0.25) is 0 Å². The van der Waals surface area contributed by atoms with Crippen LogP contribution in [0, 0.1) is 11.7 Å². The highest BCUT2D eigenvalue weighted by Crippen LogP contribution is 2.53. The molecule has 0 bridgehead atoms. The average Bonchev–Trinajstić information content (AvgIpc) is 3.20. The monoisotopic (exact) mass is 243 g/mol. The number of nitrogens with zero attached hydrogens (tertiary/aromatic N) is 1. The van der Waals surface area contributed by atoms with Crippen molar-refractivity contribution in [1.29, 1.82) is 0 Å². The van der Waals surface area contributed by atoms with Crippen molar-refractivity contribution in [2.24, 2.45) is 5.92 Å². The zero-order valence-electron chi connectivity index (χ0n) is 9.83. The van der Waals surface area contributed by atoms with E-state index >= 15 is 0 Å². The molecule has 1 heterocycles. The smallest absolute Gasteiger partial charge is 0.147 e. The van der Waals surface area contributed by atoms with Crippen LogP contribution in [0.15, 0.2) is 48.7 Å². The quantitative estimate of drug-likeness (QED) is 0.898. The summed E-state index contributed by atoms with van der Waals surface area (Å²) < 4.78 is 13.5. The van der Waals surface area contributed by atoms with Crippen molar-refractivity contribution in [3.8, 4) is 0 Å². The third-order valence-electron chi connectivity index (χ3n) is 3.54. The molecule has 3 rings (SSSR count). The molecular formula is C15H14FNO. The standard InChI is InChI=1S/C15H14FNO/c16-13-7-4-8-17-14(13)15(18)12-9-11(12)10-5-2-1-3-6-10/h1-8,11-12,15,18H,9H2. The van der Waals surface area contributed by atoms with Crippen molar-refractivity contribution >= 4 is 0 Å². The summed E-state index contributed by atoms with van der Waals surface area (Å²) in [6.45, 7) is 0. The van der Waals surface area contributed by atoms with Gasteiger partial charge in [-0.2, -0.15) is 0 Å². The molecule has 1 saturated carbocycles. The lowest BCUT2D eigenvalue weighted by Gasteiger charge is -2.10. The molecule has 1 aliphatic carbocycles. The van der Waals surface area contributed by atoms with Gasteiger partial charge in [0.1, 0.15) is 17.6 Å². The van der Waals surface area contributed by atoms with Crippen LogP contribution in [0.4, 0.5) is 4.39 Å². The SMILES string of the molecule is OC(c1ncccc1F)C1CC1c1ccccc1. The third kappa shape index (κ3) is 2.02. The number of benzene rings is 1. The number of hydrogen-bond donors (Lipinski definition) is 1. The molecule has 1 aliphatic rings. The zero-order chi connectivity index (χ0) is 12.5. The first-order chi connectivity index (χ1) is 8.77. The fourth-order valence-corrected chi connectivity index (χ4v) is 2.47. The van der Waals surface area contributed by atoms with E-state index in [4.69, 9.17) is 0 Å². The number of hydrogen-bond acceptors (Lipinski definition) is 2. The number of aliphatic hydroxyl groups is 1. The van der Waals surface area contributed by atoms with Crippen LogP contribution in [0.3, 0.4) is 0 Å². The Morgan fingerprint density at radius 1 is 1.17 bits per heavy atom. The van der Waals surface area contributed by atoms with E-state index in [2.05, 4.69) is 4.98 Å². The summed E-state index contributed by atoms with van der Waals surface area (Å²) >= 11 is 0. The van der Waals surface area contributed by atoms with E-state index in [0.717, 1.165) is 6.42 Å². The molecule has 3 unspecified atom stereocenters. The van der Waals surface area contributed by atoms with Gasteiger partial charge in [0.15, 0.2) is 0 Å². The van der Waals surface area contributed by atoms with E-state index in [-0.39, 0.29) is 11.6 Å². The Kier molecular flexibility index (Phi) is 2.84. The first-order valence-electron chi connectivity index (χ1n) is 6.11. The maximum atomic E-state index is 13.5. The minimum absolute atomic E-state index is 0.0804. The third-order valence-corrected chi connectivity index (χ3v) is 3.54. The summed E-state index contributed by atoms with van der Waals surface area (Å²) in [5.41, 5.74) is 1.37. The number of halogens is 1. The number of pyridine rings is 1. The van der Waals surface area contributed by atoms with Crippen molar-refractivity contribution in [2.45, 2.75) is 18.4 Å². The highest BCUT2D eigenvalue weighted by molar-refractivity contribution is 5.28. The normalized spacial score (nSPS) is 23.7. The lowest BCUT2D eigenvalue weighted by molar-refractivity contribution is 0.141. The number of aliphatic hydroxyl groups excluding tert-OH is 1. The Balaban J connectivity index is 1.77. The molecule has 18 heavy (non-hydrogen) atoms. The van der Waals surface area contributed by atoms with E-state index in [9.17, 15) is 9.50 Å². The molecule has 3 atom stereocenters. The Labute approximate surface area is 105 Å². The summed E-state index contributed by atoms with van der Waals surface area (Å²) in [6.07, 6.45) is 1.60. The van der Waals surface area contributed by atoms with Crippen LogP contribution in [0.2, 0.25) is 0 Å². The Morgan fingerprint density at radius 3 is 2.67 bits per heavy atom. The van der Waals surface area contributed by atoms with Crippen LogP contribution >= 0.6 is 0 Å². The molecule has 3 heteroatoms. The molecule has 0 saturated heterocycles. The van der Waals surface area contributed by atoms with Gasteiger partial charge in [-0.15, -0.1) is 0 Å². The molecular weight excluding hydrogens is 229 g/mol. The van der Waals surface area contributed by atoms with E-state index in [1.165, 1.54) is 23.9 Å². The van der Waals surface area contributed by atoms with Crippen molar-refractivity contribution in [2.75, 3.05) is 0 Å². The molecule has 0 amide bonds. The minimum Gasteiger partial charge on any atom is -0.386 e. The van der Waals surface area contributed by atoms with Gasteiger partial charge in [-0.3, -0.25) is 4.98 Å². The summed E-state index contributed by atoms with van der Waals surface area (Å²) in [6, 6.07) is 12.9. The van der Waals surface area contributed by atoms with Crippen molar-refractivity contribution in [3.63, 3.8) is 0 Å². The lowest BCUT2D eigenvalue weighted by Crippen LogP contribution is -2.06. The van der Waals surface area contributed by atoms with Gasteiger partial charge >= 0.3 is 0 Å². The average molecular weight is 243 g/mol. The molecule has 1 N–H and O–H groups in total. The Bertz CT molecular complexity index is 543. The van der Waals surface area contributed by atoms with Crippen LogP contribution in [0.25, 0.3) is 0 Å². The topological polar surface area (TPSA) is 33.1 Å². The van der Waals surface area contributed by atoms with Crippen molar-refractivity contribution < 1.29 is 9.50 Å². The van der Waals surface area contributed by atoms with Crippen LogP contribution in [0.5, 0.6) is 0 Å². The maximum absolute atomic E-state index is 13.5. The lowest BCUT2D eigenvalue weighted by atomic mass is 10.0. The predicted molar refractivity (Wildman–Crippen MR) is 66.4 cm³/mol. The fraction of sp³-hybridized carbons (Fsp3) is 0.267. The highest BCUT2D eigenvalue weighted by Gasteiger charge is 2.44. The summed E-state index contributed by atoms with van der Waals surface area (Å²) in [7, 11) is 0. The van der Waals surface area contributed by atoms with Crippen LogP contribution in [0.1, 0.15) is 29.7 Å². The molecule has 1 aromatic carbocycles. The molecule has 2 aromatic rings. The molecule has 2 nitrogen and oxygen atoms in total. The molecule has 0 aliphatic heterocycles. The highest BCUT2D eigenvalue weighted by atomic mass is 19.1. The predicted octanol–water partition coefficient (Wildman–Crippen LogP) is 3.06. The second kappa shape index (κ2) is 4.50. The number of aromatic nitrogens is 1. The van der Waals surface area contributed by atoms with E-state index in [1.54, 1.807) is 0 Å². The Hall–Kier alpha value is -1.74. The molecule has 0 radical (unpaired) electrons. The second-order valence-electron chi connectivity index (χ2n) is 4.73. The van der Waals surface area contributed by atoms with Gasteiger partial charge in [-0.25, -0.2) is 4.39 Å². The van der Waals surface area contributed by atoms with Gasteiger partial charge in [0, 0.05) is 6.20 Å². The largest absolute Gasteiger partial charge is 0.386 e. The molecule has 92 valence electrons. The molecule has 1 aromatic heterocycles. The van der Waals surface area contributed by atoms with Gasteiger partial charge in [0.25, 0.3) is 0 Å². The zero-order valence-corrected chi connectivity index (χ0v) is 9.83. The van der Waals surface area contributed by atoms with Crippen molar-refractivity contribution in [1.82, 2.24) is 4.98 Å². The Morgan fingerprint density at radius 2 is 1.94 bits per heavy atom. The van der Waals surface area contributed by atoms with Gasteiger partial charge < -0.3 is 5.11 Å². The van der Waals surface area contributed by atoms with Gasteiger partial charge in [-0.1, -0.05) is 30.3 Å². The summed E-state index contributed by atoms with van der Waals surface area (Å²) in [5.74, 6) is -0.0249. The van der Waals surface area contributed by atoms with E-state index in [0.29, 0.717) is 5.92 Å². The first kappa shape index (κ1) is 11.4. The molecule has 0 spiro atoms. The first-order valence-corrected chi connectivity index (χ1v) is 6.11. The van der Waals surface area contributed by atoms with Gasteiger partial charge in [-0.05, 0) is 36.0 Å². The number of rotatable bonds is 3. The van der Waals surface area contributed by atoms with Gasteiger partial charge in [0.05, 0.1) is 0 Å². The minimum atomic E-state index is -0.809. The van der Waals surface area contributed by atoms with Crippen LogP contribution in [-0.2, 0) is 0 Å². The van der Waals surface area contributed by atoms with Crippen LogP contribution < -0.4 is 0 Å². The maximum Gasteiger partial charge on any atom is 0.147 e.